The fraction of sp³-hybridized carbons (Fsp3) is 0. The lowest BCUT2D eigenvalue weighted by molar-refractivity contribution is 1.27. The smallest absolute Gasteiger partial charge is 0.179 e. The van der Waals surface area contributed by atoms with Crippen LogP contribution >= 0.6 is 11.5 Å². The Morgan fingerprint density at radius 3 is 2.90 bits per heavy atom. The summed E-state index contributed by atoms with van der Waals surface area (Å²) in [5.74, 6) is 0.709. The van der Waals surface area contributed by atoms with Gasteiger partial charge in [0.05, 0.1) is 0 Å². The molecular formula is C6H4N3S. The first-order chi connectivity index (χ1) is 4.97. The molecule has 0 unspecified atom stereocenters. The maximum atomic E-state index is 4.08. The molecule has 4 heteroatoms. The Bertz CT molecular complexity index is 273. The van der Waals surface area contributed by atoms with Gasteiger partial charge < -0.3 is 0 Å². The average molecular weight is 150 g/mol. The van der Waals surface area contributed by atoms with Crippen molar-refractivity contribution in [2.45, 2.75) is 0 Å². The van der Waals surface area contributed by atoms with Gasteiger partial charge in [0.1, 0.15) is 5.69 Å². The number of hydrogen-bond acceptors (Lipinski definition) is 3. The normalized spacial score (nSPS) is 15.0. The van der Waals surface area contributed by atoms with Gasteiger partial charge in [-0.05, 0) is 17.6 Å². The van der Waals surface area contributed by atoms with Crippen molar-refractivity contribution in [2.24, 2.45) is 4.99 Å². The third-order valence-corrected chi connectivity index (χ3v) is 1.69. The van der Waals surface area contributed by atoms with E-state index in [2.05, 4.69) is 14.7 Å². The molecule has 0 atom stereocenters. The van der Waals surface area contributed by atoms with Crippen molar-refractivity contribution < 1.29 is 0 Å². The zero-order valence-electron chi connectivity index (χ0n) is 5.06. The number of aromatic nitrogens is 1. The van der Waals surface area contributed by atoms with E-state index in [0.717, 1.165) is 5.69 Å². The Morgan fingerprint density at radius 1 is 1.30 bits per heavy atom. The van der Waals surface area contributed by atoms with Crippen LogP contribution in [0.3, 0.4) is 0 Å². The first-order valence-corrected chi connectivity index (χ1v) is 3.65. The summed E-state index contributed by atoms with van der Waals surface area (Å²) in [5.41, 5.74) is 0.856. The number of nitrogens with zero attached hydrogens (tertiary/aromatic N) is 3. The lowest BCUT2D eigenvalue weighted by Gasteiger charge is -1.89. The van der Waals surface area contributed by atoms with Crippen molar-refractivity contribution in [3.8, 4) is 0 Å². The fourth-order valence-corrected chi connectivity index (χ4v) is 1.21. The summed E-state index contributed by atoms with van der Waals surface area (Å²) in [6.07, 6.45) is 3.32. The summed E-state index contributed by atoms with van der Waals surface area (Å²) >= 11 is 1.41. The maximum Gasteiger partial charge on any atom is 0.179 e. The second-order valence-corrected chi connectivity index (χ2v) is 2.43. The van der Waals surface area contributed by atoms with Gasteiger partial charge in [-0.15, -0.1) is 0 Å². The molecule has 0 amide bonds. The van der Waals surface area contributed by atoms with Gasteiger partial charge in [-0.1, -0.05) is 0 Å². The zero-order valence-corrected chi connectivity index (χ0v) is 5.88. The van der Waals surface area contributed by atoms with Crippen LogP contribution in [0.5, 0.6) is 0 Å². The van der Waals surface area contributed by atoms with E-state index in [0.29, 0.717) is 5.84 Å². The van der Waals surface area contributed by atoms with E-state index in [9.17, 15) is 0 Å². The molecule has 1 aliphatic heterocycles. The molecule has 10 heavy (non-hydrogen) atoms. The van der Waals surface area contributed by atoms with E-state index in [-0.39, 0.29) is 0 Å². The zero-order chi connectivity index (χ0) is 6.81. The molecule has 1 radical (unpaired) electrons. The Labute approximate surface area is 62.3 Å². The summed E-state index contributed by atoms with van der Waals surface area (Å²) in [7, 11) is 0. The van der Waals surface area contributed by atoms with E-state index in [1.54, 1.807) is 12.4 Å². The number of rotatable bonds is 1. The van der Waals surface area contributed by atoms with E-state index in [4.69, 9.17) is 0 Å². The van der Waals surface area contributed by atoms with E-state index in [1.807, 2.05) is 11.4 Å². The minimum absolute atomic E-state index is 0.709. The quantitative estimate of drug-likeness (QED) is 0.588. The number of amidine groups is 1. The summed E-state index contributed by atoms with van der Waals surface area (Å²) in [5, 5.41) is 5.90. The van der Waals surface area contributed by atoms with Crippen LogP contribution in [0.1, 0.15) is 5.69 Å². The van der Waals surface area contributed by atoms with Gasteiger partial charge in [-0.2, -0.15) is 4.37 Å². The minimum Gasteiger partial charge on any atom is -0.234 e. The molecule has 49 valence electrons. The molecule has 0 bridgehead atoms. The average Bonchev–Trinajstić information content (AvgIpc) is 2.59. The molecule has 0 saturated heterocycles. The largest absolute Gasteiger partial charge is 0.234 e. The number of aliphatic imine (C=N–C) groups is 1. The summed E-state index contributed by atoms with van der Waals surface area (Å²) < 4.78 is 4.08. The van der Waals surface area contributed by atoms with Crippen molar-refractivity contribution in [3.05, 3.63) is 29.5 Å². The molecule has 0 aromatic carbocycles. The van der Waals surface area contributed by atoms with E-state index in [1.165, 1.54) is 11.5 Å². The van der Waals surface area contributed by atoms with Crippen LogP contribution in [0.15, 0.2) is 28.8 Å². The molecule has 0 N–H and O–H groups in total. The second-order valence-electron chi connectivity index (χ2n) is 1.76. The van der Waals surface area contributed by atoms with E-state index < -0.39 is 0 Å². The molecule has 0 aliphatic carbocycles. The van der Waals surface area contributed by atoms with Crippen LogP contribution in [0.4, 0.5) is 0 Å². The van der Waals surface area contributed by atoms with Crippen molar-refractivity contribution in [1.29, 1.82) is 0 Å². The van der Waals surface area contributed by atoms with Gasteiger partial charge in [-0.3, -0.25) is 0 Å². The highest BCUT2D eigenvalue weighted by Crippen LogP contribution is 2.03. The molecule has 0 saturated carbocycles. The summed E-state index contributed by atoms with van der Waals surface area (Å²) in [6, 6.07) is 1.90. The number of hydrogen-bond donors (Lipinski definition) is 0. The molecule has 1 aromatic heterocycles. The van der Waals surface area contributed by atoms with Gasteiger partial charge in [-0.25, -0.2) is 10.3 Å². The first kappa shape index (κ1) is 5.61. The Hall–Kier alpha value is -1.16. The summed E-state index contributed by atoms with van der Waals surface area (Å²) in [4.78, 5) is 3.99. The van der Waals surface area contributed by atoms with Crippen LogP contribution < -0.4 is 5.32 Å². The lowest BCUT2D eigenvalue weighted by atomic mass is 10.4. The Kier molecular flexibility index (Phi) is 1.25. The highest BCUT2D eigenvalue weighted by atomic mass is 32.1. The van der Waals surface area contributed by atoms with Crippen molar-refractivity contribution >= 4 is 17.4 Å². The van der Waals surface area contributed by atoms with Crippen molar-refractivity contribution in [3.63, 3.8) is 0 Å². The van der Waals surface area contributed by atoms with Crippen LogP contribution in [-0.2, 0) is 0 Å². The highest BCUT2D eigenvalue weighted by Gasteiger charge is 2.06. The monoisotopic (exact) mass is 150 g/mol. The minimum atomic E-state index is 0.709. The lowest BCUT2D eigenvalue weighted by Crippen LogP contribution is -2.07. The molecule has 2 heterocycles. The third kappa shape index (κ3) is 0.823. The van der Waals surface area contributed by atoms with Gasteiger partial charge in [0.15, 0.2) is 5.84 Å². The predicted molar refractivity (Wildman–Crippen MR) is 39.9 cm³/mol. The maximum absolute atomic E-state index is 4.08. The van der Waals surface area contributed by atoms with E-state index >= 15 is 0 Å². The van der Waals surface area contributed by atoms with Gasteiger partial charge in [0, 0.05) is 17.8 Å². The Balaban J connectivity index is 2.30. The van der Waals surface area contributed by atoms with Gasteiger partial charge >= 0.3 is 0 Å². The van der Waals surface area contributed by atoms with Gasteiger partial charge in [0.2, 0.25) is 0 Å². The molecular weight excluding hydrogens is 146 g/mol. The Morgan fingerprint density at radius 2 is 2.30 bits per heavy atom. The highest BCUT2D eigenvalue weighted by molar-refractivity contribution is 7.03. The predicted octanol–water partition coefficient (Wildman–Crippen LogP) is 0.979. The summed E-state index contributed by atoms with van der Waals surface area (Å²) in [6.45, 7) is 0. The van der Waals surface area contributed by atoms with Crippen molar-refractivity contribution in [1.82, 2.24) is 9.69 Å². The molecule has 0 spiro atoms. The second kappa shape index (κ2) is 2.22. The standard InChI is InChI=1S/C6H4N3S/c1-4-10-9-5(1)6-7-2-3-8-6/h1-4H. The first-order valence-electron chi connectivity index (χ1n) is 2.81. The van der Waals surface area contributed by atoms with Crippen molar-refractivity contribution in [2.75, 3.05) is 0 Å². The van der Waals surface area contributed by atoms with Gasteiger partial charge in [0.25, 0.3) is 0 Å². The van der Waals surface area contributed by atoms with Crippen LogP contribution in [0.2, 0.25) is 0 Å². The van der Waals surface area contributed by atoms with Crippen LogP contribution in [0, 0.1) is 0 Å². The molecule has 2 rings (SSSR count). The molecule has 3 nitrogen and oxygen atoms in total. The molecule has 1 aliphatic rings. The fourth-order valence-electron chi connectivity index (χ4n) is 0.701. The molecule has 0 fully saturated rings. The van der Waals surface area contributed by atoms with Crippen LogP contribution in [0.25, 0.3) is 0 Å². The third-order valence-electron chi connectivity index (χ3n) is 1.13. The molecule has 1 aromatic rings. The van der Waals surface area contributed by atoms with Crippen LogP contribution in [-0.4, -0.2) is 10.2 Å². The SMILES string of the molecule is C1=CN=C(c2ccsn2)[N]1. The topological polar surface area (TPSA) is 39.4 Å².